The molecule has 0 saturated heterocycles. The van der Waals surface area contributed by atoms with Gasteiger partial charge in [0.1, 0.15) is 0 Å². The van der Waals surface area contributed by atoms with Crippen molar-refractivity contribution in [2.75, 3.05) is 0 Å². The molecular formula is C12H13NO2S2. The summed E-state index contributed by atoms with van der Waals surface area (Å²) >= 11 is 3.18. The first kappa shape index (κ1) is 12.3. The fourth-order valence-corrected chi connectivity index (χ4v) is 3.45. The van der Waals surface area contributed by atoms with Crippen LogP contribution in [0.4, 0.5) is 0 Å². The maximum atomic E-state index is 10.6. The van der Waals surface area contributed by atoms with Crippen molar-refractivity contribution < 1.29 is 9.90 Å². The van der Waals surface area contributed by atoms with Gasteiger partial charge in [-0.1, -0.05) is 6.92 Å². The molecule has 0 radical (unpaired) electrons. The lowest BCUT2D eigenvalue weighted by Gasteiger charge is -1.90. The van der Waals surface area contributed by atoms with Crippen LogP contribution >= 0.6 is 22.7 Å². The Morgan fingerprint density at radius 2 is 2.29 bits per heavy atom. The Balaban J connectivity index is 2.15. The standard InChI is InChI=1S/C12H13NO2S2/c1-2-3-11-13-9(7-16-11)10-5-4-8(17-10)6-12(14)15/h4-5,7H,2-3,6H2,1H3,(H,14,15). The lowest BCUT2D eigenvalue weighted by molar-refractivity contribution is -0.136. The molecule has 0 amide bonds. The van der Waals surface area contributed by atoms with E-state index in [1.165, 1.54) is 11.3 Å². The Labute approximate surface area is 108 Å². The van der Waals surface area contributed by atoms with Crippen LogP contribution in [0, 0.1) is 0 Å². The zero-order chi connectivity index (χ0) is 12.3. The van der Waals surface area contributed by atoms with Crippen molar-refractivity contribution >= 4 is 28.6 Å². The highest BCUT2D eigenvalue weighted by atomic mass is 32.1. The fraction of sp³-hybridized carbons (Fsp3) is 0.333. The molecule has 0 unspecified atom stereocenters. The third-order valence-electron chi connectivity index (χ3n) is 2.26. The van der Waals surface area contributed by atoms with Gasteiger partial charge in [-0.3, -0.25) is 4.79 Å². The van der Waals surface area contributed by atoms with E-state index in [9.17, 15) is 4.79 Å². The minimum Gasteiger partial charge on any atom is -0.481 e. The summed E-state index contributed by atoms with van der Waals surface area (Å²) in [6.45, 7) is 2.14. The molecule has 2 aromatic heterocycles. The van der Waals surface area contributed by atoms with Crippen LogP contribution in [0.5, 0.6) is 0 Å². The zero-order valence-corrected chi connectivity index (χ0v) is 11.1. The van der Waals surface area contributed by atoms with E-state index in [-0.39, 0.29) is 6.42 Å². The van der Waals surface area contributed by atoms with Crippen molar-refractivity contribution in [3.8, 4) is 10.6 Å². The minimum atomic E-state index is -0.789. The molecule has 17 heavy (non-hydrogen) atoms. The molecule has 5 heteroatoms. The molecule has 2 heterocycles. The number of aromatic nitrogens is 1. The Kier molecular flexibility index (Phi) is 3.91. The lowest BCUT2D eigenvalue weighted by Crippen LogP contribution is -1.96. The van der Waals surface area contributed by atoms with Gasteiger partial charge in [0.25, 0.3) is 0 Å². The second-order valence-electron chi connectivity index (χ2n) is 3.71. The molecule has 90 valence electrons. The van der Waals surface area contributed by atoms with Gasteiger partial charge in [-0.15, -0.1) is 22.7 Å². The average molecular weight is 267 g/mol. The van der Waals surface area contributed by atoms with E-state index in [4.69, 9.17) is 5.11 Å². The predicted molar refractivity (Wildman–Crippen MR) is 70.8 cm³/mol. The van der Waals surface area contributed by atoms with Crippen molar-refractivity contribution in [1.29, 1.82) is 0 Å². The number of hydrogen-bond donors (Lipinski definition) is 1. The molecule has 0 atom stereocenters. The van der Waals surface area contributed by atoms with Gasteiger partial charge in [0.05, 0.1) is 22.0 Å². The van der Waals surface area contributed by atoms with E-state index in [1.54, 1.807) is 11.3 Å². The number of carbonyl (C=O) groups is 1. The van der Waals surface area contributed by atoms with Crippen molar-refractivity contribution in [3.05, 3.63) is 27.4 Å². The molecule has 0 fully saturated rings. The molecule has 0 spiro atoms. The first-order chi connectivity index (χ1) is 8.19. The topological polar surface area (TPSA) is 50.2 Å². The molecule has 0 bridgehead atoms. The van der Waals surface area contributed by atoms with Gasteiger partial charge in [-0.25, -0.2) is 4.98 Å². The Morgan fingerprint density at radius 1 is 1.47 bits per heavy atom. The van der Waals surface area contributed by atoms with Gasteiger partial charge >= 0.3 is 5.97 Å². The molecule has 0 aliphatic rings. The second kappa shape index (κ2) is 5.42. The molecular weight excluding hydrogens is 254 g/mol. The van der Waals surface area contributed by atoms with Crippen LogP contribution < -0.4 is 0 Å². The molecule has 0 aliphatic carbocycles. The van der Waals surface area contributed by atoms with Gasteiger partial charge in [0.15, 0.2) is 0 Å². The summed E-state index contributed by atoms with van der Waals surface area (Å²) in [5.41, 5.74) is 0.972. The van der Waals surface area contributed by atoms with Crippen LogP contribution in [-0.4, -0.2) is 16.1 Å². The van der Waals surface area contributed by atoms with Crippen LogP contribution in [0.25, 0.3) is 10.6 Å². The summed E-state index contributed by atoms with van der Waals surface area (Å²) in [5.74, 6) is -0.789. The first-order valence-corrected chi connectivity index (χ1v) is 7.14. The molecule has 0 aromatic carbocycles. The van der Waals surface area contributed by atoms with E-state index in [0.717, 1.165) is 33.3 Å². The quantitative estimate of drug-likeness (QED) is 0.902. The molecule has 0 saturated carbocycles. The van der Waals surface area contributed by atoms with Crippen molar-refractivity contribution in [3.63, 3.8) is 0 Å². The Bertz CT molecular complexity index is 516. The van der Waals surface area contributed by atoms with Crippen LogP contribution in [0.15, 0.2) is 17.5 Å². The van der Waals surface area contributed by atoms with Crippen LogP contribution in [0.1, 0.15) is 23.2 Å². The van der Waals surface area contributed by atoms with Gasteiger partial charge in [0, 0.05) is 10.3 Å². The number of carboxylic acid groups (broad SMARTS) is 1. The largest absolute Gasteiger partial charge is 0.481 e. The SMILES string of the molecule is CCCc1nc(-c2ccc(CC(=O)O)s2)cs1. The fourth-order valence-electron chi connectivity index (χ4n) is 1.51. The highest BCUT2D eigenvalue weighted by Crippen LogP contribution is 2.29. The average Bonchev–Trinajstić information content (AvgIpc) is 2.86. The molecule has 3 nitrogen and oxygen atoms in total. The molecule has 0 aliphatic heterocycles. The maximum Gasteiger partial charge on any atom is 0.308 e. The normalized spacial score (nSPS) is 10.6. The van der Waals surface area contributed by atoms with Crippen molar-refractivity contribution in [1.82, 2.24) is 4.98 Å². The summed E-state index contributed by atoms with van der Waals surface area (Å²) in [7, 11) is 0. The second-order valence-corrected chi connectivity index (χ2v) is 5.82. The number of aryl methyl sites for hydroxylation is 1. The van der Waals surface area contributed by atoms with Gasteiger partial charge in [-0.2, -0.15) is 0 Å². The monoisotopic (exact) mass is 267 g/mol. The number of carboxylic acids is 1. The van der Waals surface area contributed by atoms with E-state index < -0.39 is 5.97 Å². The molecule has 2 aromatic rings. The van der Waals surface area contributed by atoms with Gasteiger partial charge in [0.2, 0.25) is 0 Å². The van der Waals surface area contributed by atoms with Crippen molar-refractivity contribution in [2.45, 2.75) is 26.2 Å². The maximum absolute atomic E-state index is 10.6. The van der Waals surface area contributed by atoms with E-state index >= 15 is 0 Å². The Hall–Kier alpha value is -1.20. The highest BCUT2D eigenvalue weighted by molar-refractivity contribution is 7.16. The summed E-state index contributed by atoms with van der Waals surface area (Å²) in [4.78, 5) is 17.1. The number of aliphatic carboxylic acids is 1. The predicted octanol–water partition coefficient (Wildman–Crippen LogP) is 3.45. The van der Waals surface area contributed by atoms with Crippen molar-refractivity contribution in [2.24, 2.45) is 0 Å². The summed E-state index contributed by atoms with van der Waals surface area (Å²) in [6, 6.07) is 3.82. The first-order valence-electron chi connectivity index (χ1n) is 5.44. The number of hydrogen-bond acceptors (Lipinski definition) is 4. The van der Waals surface area contributed by atoms with E-state index in [1.807, 2.05) is 17.5 Å². The van der Waals surface area contributed by atoms with Crippen LogP contribution in [0.3, 0.4) is 0 Å². The van der Waals surface area contributed by atoms with Crippen LogP contribution in [-0.2, 0) is 17.6 Å². The van der Waals surface area contributed by atoms with E-state index in [0.29, 0.717) is 0 Å². The van der Waals surface area contributed by atoms with Gasteiger partial charge < -0.3 is 5.11 Å². The molecule has 1 N–H and O–H groups in total. The Morgan fingerprint density at radius 3 is 3.00 bits per heavy atom. The highest BCUT2D eigenvalue weighted by Gasteiger charge is 2.09. The summed E-state index contributed by atoms with van der Waals surface area (Å²) in [5, 5.41) is 11.9. The number of thiophene rings is 1. The molecule has 2 rings (SSSR count). The lowest BCUT2D eigenvalue weighted by atomic mass is 10.3. The minimum absolute atomic E-state index is 0.0939. The number of rotatable bonds is 5. The zero-order valence-electron chi connectivity index (χ0n) is 9.47. The van der Waals surface area contributed by atoms with E-state index in [2.05, 4.69) is 11.9 Å². The van der Waals surface area contributed by atoms with Crippen LogP contribution in [0.2, 0.25) is 0 Å². The summed E-state index contributed by atoms with van der Waals surface area (Å²) in [6.07, 6.45) is 2.20. The third-order valence-corrected chi connectivity index (χ3v) is 4.27. The number of thiazole rings is 1. The van der Waals surface area contributed by atoms with Gasteiger partial charge in [-0.05, 0) is 25.0 Å². The third kappa shape index (κ3) is 3.14. The summed E-state index contributed by atoms with van der Waals surface area (Å²) < 4.78 is 0. The smallest absolute Gasteiger partial charge is 0.308 e. The number of nitrogens with zero attached hydrogens (tertiary/aromatic N) is 1.